The molecule has 5 atom stereocenters. The number of ether oxygens (including phenoxy) is 3. The van der Waals surface area contributed by atoms with Crippen LogP contribution in [0.1, 0.15) is 25.8 Å². The maximum absolute atomic E-state index is 13.5. The van der Waals surface area contributed by atoms with Crippen LogP contribution in [-0.4, -0.2) is 74.8 Å². The van der Waals surface area contributed by atoms with Crippen molar-refractivity contribution >= 4 is 21.8 Å². The first kappa shape index (κ1) is 28.3. The number of carbonyl (C=O) groups is 1. The fourth-order valence-electron chi connectivity index (χ4n) is 4.82. The average molecular weight is 548 g/mol. The van der Waals surface area contributed by atoms with E-state index < -0.39 is 34.4 Å². The molecule has 0 aliphatic carbocycles. The topological polar surface area (TPSA) is 140 Å². The second-order valence-electron chi connectivity index (χ2n) is 10.3. The van der Waals surface area contributed by atoms with Crippen molar-refractivity contribution in [2.24, 2.45) is 11.8 Å². The fourth-order valence-corrected chi connectivity index (χ4v) is 6.45. The molecule has 4 N–H and O–H groups in total. The predicted molar refractivity (Wildman–Crippen MR) is 142 cm³/mol. The van der Waals surface area contributed by atoms with Gasteiger partial charge >= 0.3 is 6.09 Å². The number of aliphatic hydroxyl groups excluding tert-OH is 1. The molecule has 4 rings (SSSR count). The highest BCUT2D eigenvalue weighted by atomic mass is 32.2. The Bertz CT molecular complexity index is 1160. The standard InChI is InChI=1S/C27H37N3O7S/c1-18(2)15-30(38(33,34)21-10-8-20(28)9-11-21)16-24(31)23(14-19-6-4-3-5-7-19)29-27(32)37-25-17-36-26-22(25)12-13-35-26/h3-11,18,22-26,31H,12-17,28H2,1-2H3,(H,29,32)/t22-,23-,24+,25-,26?/m0/s1. The Balaban J connectivity index is 1.51. The number of anilines is 1. The van der Waals surface area contributed by atoms with Crippen LogP contribution < -0.4 is 11.1 Å². The van der Waals surface area contributed by atoms with Gasteiger partial charge in [0.05, 0.1) is 36.2 Å². The van der Waals surface area contributed by atoms with Crippen LogP contribution in [-0.2, 0) is 30.7 Å². The fraction of sp³-hybridized carbons (Fsp3) is 0.519. The van der Waals surface area contributed by atoms with Crippen LogP contribution in [0.3, 0.4) is 0 Å². The summed E-state index contributed by atoms with van der Waals surface area (Å²) in [6, 6.07) is 14.5. The van der Waals surface area contributed by atoms with E-state index in [1.54, 1.807) is 0 Å². The lowest BCUT2D eigenvalue weighted by Crippen LogP contribution is -2.51. The van der Waals surface area contributed by atoms with Crippen LogP contribution in [0, 0.1) is 11.8 Å². The van der Waals surface area contributed by atoms with Crippen molar-refractivity contribution in [1.29, 1.82) is 0 Å². The molecule has 2 saturated heterocycles. The number of nitrogens with one attached hydrogen (secondary N) is 1. The second kappa shape index (κ2) is 12.4. The average Bonchev–Trinajstić information content (AvgIpc) is 3.49. The molecule has 2 heterocycles. The summed E-state index contributed by atoms with van der Waals surface area (Å²) in [7, 11) is -3.93. The summed E-state index contributed by atoms with van der Waals surface area (Å²) in [5.74, 6) is -0.0231. The molecule has 2 aliphatic rings. The van der Waals surface area contributed by atoms with E-state index in [4.69, 9.17) is 19.9 Å². The lowest BCUT2D eigenvalue weighted by atomic mass is 10.0. The molecule has 2 fully saturated rings. The van der Waals surface area contributed by atoms with Crippen LogP contribution in [0.4, 0.5) is 10.5 Å². The maximum atomic E-state index is 13.5. The predicted octanol–water partition coefficient (Wildman–Crippen LogP) is 2.38. The van der Waals surface area contributed by atoms with Crippen LogP contribution in [0.15, 0.2) is 59.5 Å². The molecular weight excluding hydrogens is 510 g/mol. The molecule has 2 aliphatic heterocycles. The summed E-state index contributed by atoms with van der Waals surface area (Å²) in [5.41, 5.74) is 7.07. The minimum absolute atomic E-state index is 0.000183. The normalized spacial score (nSPS) is 22.8. The van der Waals surface area contributed by atoms with Crippen LogP contribution in [0.5, 0.6) is 0 Å². The third-order valence-corrected chi connectivity index (χ3v) is 8.63. The van der Waals surface area contributed by atoms with Crippen molar-refractivity contribution in [3.05, 3.63) is 60.2 Å². The molecule has 10 nitrogen and oxygen atoms in total. The molecule has 2 aromatic rings. The summed E-state index contributed by atoms with van der Waals surface area (Å²) in [6.45, 7) is 4.58. The van der Waals surface area contributed by atoms with Gasteiger partial charge in [0.1, 0.15) is 6.10 Å². The van der Waals surface area contributed by atoms with Gasteiger partial charge in [0.25, 0.3) is 0 Å². The van der Waals surface area contributed by atoms with E-state index >= 15 is 0 Å². The van der Waals surface area contributed by atoms with Gasteiger partial charge in [-0.2, -0.15) is 4.31 Å². The van der Waals surface area contributed by atoms with Crippen LogP contribution in [0.25, 0.3) is 0 Å². The number of aliphatic hydroxyl groups is 1. The molecule has 1 unspecified atom stereocenters. The largest absolute Gasteiger partial charge is 0.443 e. The molecule has 38 heavy (non-hydrogen) atoms. The van der Waals surface area contributed by atoms with Crippen molar-refractivity contribution in [2.75, 3.05) is 32.0 Å². The zero-order valence-corrected chi connectivity index (χ0v) is 22.5. The zero-order valence-electron chi connectivity index (χ0n) is 21.7. The maximum Gasteiger partial charge on any atom is 0.407 e. The molecule has 1 amide bonds. The summed E-state index contributed by atoms with van der Waals surface area (Å²) in [4.78, 5) is 13.0. The number of nitrogens with zero attached hydrogens (tertiary/aromatic N) is 1. The molecule has 0 aromatic heterocycles. The van der Waals surface area contributed by atoms with E-state index in [2.05, 4.69) is 5.32 Å². The number of nitrogens with two attached hydrogens (primary N) is 1. The third-order valence-electron chi connectivity index (χ3n) is 6.79. The third kappa shape index (κ3) is 7.03. The Morgan fingerprint density at radius 1 is 1.13 bits per heavy atom. The summed E-state index contributed by atoms with van der Waals surface area (Å²) in [6.07, 6.45) is -1.69. The van der Waals surface area contributed by atoms with Gasteiger partial charge in [-0.1, -0.05) is 44.2 Å². The molecular formula is C27H37N3O7S. The molecule has 0 spiro atoms. The number of benzene rings is 2. The monoisotopic (exact) mass is 547 g/mol. The van der Waals surface area contributed by atoms with E-state index in [-0.39, 0.29) is 49.1 Å². The Labute approximate surface area is 224 Å². The van der Waals surface area contributed by atoms with Gasteiger partial charge < -0.3 is 30.4 Å². The number of hydrogen-bond donors (Lipinski definition) is 3. The number of fused-ring (bicyclic) bond motifs is 1. The van der Waals surface area contributed by atoms with Gasteiger partial charge in [-0.05, 0) is 48.6 Å². The number of hydrogen-bond acceptors (Lipinski definition) is 8. The van der Waals surface area contributed by atoms with Gasteiger partial charge in [-0.3, -0.25) is 0 Å². The quantitative estimate of drug-likeness (QED) is 0.364. The van der Waals surface area contributed by atoms with Crippen molar-refractivity contribution < 1.29 is 32.5 Å². The SMILES string of the molecule is CC(C)CN(C[C@@H](O)[C@H](Cc1ccccc1)NC(=O)O[C@H]1COC2OCC[C@H]21)S(=O)(=O)c1ccc(N)cc1. The summed E-state index contributed by atoms with van der Waals surface area (Å²) < 4.78 is 44.9. The van der Waals surface area contributed by atoms with Gasteiger partial charge in [0, 0.05) is 18.8 Å². The van der Waals surface area contributed by atoms with E-state index in [1.165, 1.54) is 28.6 Å². The number of carbonyl (C=O) groups excluding carboxylic acids is 1. The first-order valence-corrected chi connectivity index (χ1v) is 14.4. The minimum atomic E-state index is -3.93. The number of alkyl carbamates (subject to hydrolysis) is 1. The molecule has 0 bridgehead atoms. The lowest BCUT2D eigenvalue weighted by Gasteiger charge is -2.31. The van der Waals surface area contributed by atoms with Crippen LogP contribution in [0.2, 0.25) is 0 Å². The number of nitrogen functional groups attached to an aromatic ring is 1. The van der Waals surface area contributed by atoms with Crippen molar-refractivity contribution in [3.8, 4) is 0 Å². The lowest BCUT2D eigenvalue weighted by molar-refractivity contribution is -0.0907. The highest BCUT2D eigenvalue weighted by Crippen LogP contribution is 2.33. The highest BCUT2D eigenvalue weighted by Gasteiger charge is 2.44. The van der Waals surface area contributed by atoms with Gasteiger partial charge in [0.2, 0.25) is 10.0 Å². The van der Waals surface area contributed by atoms with Crippen molar-refractivity contribution in [1.82, 2.24) is 9.62 Å². The number of rotatable bonds is 11. The first-order valence-electron chi connectivity index (χ1n) is 12.9. The molecule has 0 saturated carbocycles. The Morgan fingerprint density at radius 3 is 2.53 bits per heavy atom. The Morgan fingerprint density at radius 2 is 1.84 bits per heavy atom. The second-order valence-corrected chi connectivity index (χ2v) is 12.2. The van der Waals surface area contributed by atoms with E-state index in [1.807, 2.05) is 44.2 Å². The summed E-state index contributed by atoms with van der Waals surface area (Å²) >= 11 is 0. The van der Waals surface area contributed by atoms with Crippen LogP contribution >= 0.6 is 0 Å². The Hall–Kier alpha value is -2.70. The van der Waals surface area contributed by atoms with Gasteiger partial charge in [0.15, 0.2) is 6.29 Å². The number of sulfonamides is 1. The Kier molecular flexibility index (Phi) is 9.27. The smallest absolute Gasteiger partial charge is 0.407 e. The molecule has 2 aromatic carbocycles. The van der Waals surface area contributed by atoms with Gasteiger partial charge in [-0.25, -0.2) is 13.2 Å². The van der Waals surface area contributed by atoms with E-state index in [0.29, 0.717) is 12.3 Å². The van der Waals surface area contributed by atoms with E-state index in [9.17, 15) is 18.3 Å². The highest BCUT2D eigenvalue weighted by molar-refractivity contribution is 7.89. The molecule has 208 valence electrons. The zero-order chi connectivity index (χ0) is 27.3. The first-order chi connectivity index (χ1) is 18.1. The van der Waals surface area contributed by atoms with Gasteiger partial charge in [-0.15, -0.1) is 0 Å². The van der Waals surface area contributed by atoms with Crippen molar-refractivity contribution in [3.63, 3.8) is 0 Å². The summed E-state index contributed by atoms with van der Waals surface area (Å²) in [5, 5.41) is 14.1. The van der Waals surface area contributed by atoms with Crippen molar-refractivity contribution in [2.45, 2.75) is 56.1 Å². The van der Waals surface area contributed by atoms with E-state index in [0.717, 1.165) is 12.0 Å². The molecule has 11 heteroatoms. The minimum Gasteiger partial charge on any atom is -0.443 e. The number of amides is 1. The molecule has 0 radical (unpaired) electrons.